The molecule has 0 unspecified atom stereocenters. The topological polar surface area (TPSA) is 117 Å². The van der Waals surface area contributed by atoms with E-state index in [1.807, 2.05) is 82.3 Å². The number of rotatable bonds is 12. The van der Waals surface area contributed by atoms with Gasteiger partial charge in [0.15, 0.2) is 5.78 Å². The first-order chi connectivity index (χ1) is 19.8. The number of aryl methyl sites for hydroxylation is 2. The van der Waals surface area contributed by atoms with Crippen molar-refractivity contribution >= 4 is 15.8 Å². The van der Waals surface area contributed by atoms with Crippen molar-refractivity contribution in [1.82, 2.24) is 14.3 Å². The predicted octanol–water partition coefficient (Wildman–Crippen LogP) is 5.36. The Labute approximate surface area is 248 Å². The molecule has 0 aliphatic heterocycles. The zero-order valence-corrected chi connectivity index (χ0v) is 25.7. The van der Waals surface area contributed by atoms with Crippen molar-refractivity contribution in [2.45, 2.75) is 72.2 Å². The minimum absolute atomic E-state index is 0.0675. The number of carbonyl (C=O) groups excluding carboxylic acids is 1. The number of primary sulfonamides is 1. The lowest BCUT2D eigenvalue weighted by atomic mass is 9.88. The van der Waals surface area contributed by atoms with Gasteiger partial charge in [0.25, 0.3) is 0 Å². The van der Waals surface area contributed by atoms with Crippen LogP contribution in [0.3, 0.4) is 0 Å². The van der Waals surface area contributed by atoms with Gasteiger partial charge in [-0.25, -0.2) is 23.0 Å². The number of nitrogens with two attached hydrogens (primary N) is 1. The summed E-state index contributed by atoms with van der Waals surface area (Å²) in [5.74, 6) is 0.693. The average Bonchev–Trinajstić information content (AvgIpc) is 3.21. The maximum atomic E-state index is 13.0. The first-order valence-electron chi connectivity index (χ1n) is 14.3. The fourth-order valence-corrected chi connectivity index (χ4v) is 5.68. The van der Waals surface area contributed by atoms with Crippen LogP contribution in [0.5, 0.6) is 0 Å². The second-order valence-electron chi connectivity index (χ2n) is 12.0. The maximum Gasteiger partial charge on any atom is 0.346 e. The van der Waals surface area contributed by atoms with E-state index in [0.717, 1.165) is 35.4 Å². The Balaban J connectivity index is 1.37. The molecule has 0 atom stereocenters. The van der Waals surface area contributed by atoms with Crippen LogP contribution in [-0.2, 0) is 41.7 Å². The molecule has 0 spiro atoms. The lowest BCUT2D eigenvalue weighted by molar-refractivity contribution is 0.0940. The Bertz CT molecular complexity index is 1690. The number of Topliss-reactive ketones (excluding diaryl/α,β-unsaturated/α-hetero) is 1. The van der Waals surface area contributed by atoms with E-state index in [2.05, 4.69) is 17.2 Å². The van der Waals surface area contributed by atoms with Crippen molar-refractivity contribution in [2.24, 2.45) is 10.6 Å². The highest BCUT2D eigenvalue weighted by molar-refractivity contribution is 7.88. The van der Waals surface area contributed by atoms with Gasteiger partial charge in [0.05, 0.1) is 12.3 Å². The van der Waals surface area contributed by atoms with Gasteiger partial charge in [0.2, 0.25) is 10.0 Å². The van der Waals surface area contributed by atoms with E-state index < -0.39 is 10.0 Å². The molecule has 0 fully saturated rings. The summed E-state index contributed by atoms with van der Waals surface area (Å²) in [5.41, 5.74) is 5.17. The van der Waals surface area contributed by atoms with Crippen molar-refractivity contribution in [3.63, 3.8) is 0 Å². The summed E-state index contributed by atoms with van der Waals surface area (Å²) in [6.07, 6.45) is 2.83. The highest BCUT2D eigenvalue weighted by Gasteiger charge is 2.18. The molecule has 222 valence electrons. The zero-order valence-electron chi connectivity index (χ0n) is 24.8. The maximum absolute atomic E-state index is 13.0. The third kappa shape index (κ3) is 8.59. The van der Waals surface area contributed by atoms with Crippen LogP contribution in [0, 0.1) is 5.41 Å². The Morgan fingerprint density at radius 1 is 0.881 bits per heavy atom. The van der Waals surface area contributed by atoms with Crippen LogP contribution in [-0.4, -0.2) is 28.5 Å². The molecule has 1 heterocycles. The molecule has 8 nitrogen and oxygen atoms in total. The van der Waals surface area contributed by atoms with Crippen LogP contribution in [0.15, 0.2) is 77.6 Å². The number of carbonyl (C=O) groups is 1. The molecule has 0 saturated heterocycles. The van der Waals surface area contributed by atoms with Crippen molar-refractivity contribution in [2.75, 3.05) is 0 Å². The van der Waals surface area contributed by atoms with Crippen molar-refractivity contribution in [3.05, 3.63) is 111 Å². The molecule has 9 heteroatoms. The Kier molecular flexibility index (Phi) is 9.64. The zero-order chi connectivity index (χ0) is 30.5. The monoisotopic (exact) mass is 588 g/mol. The molecule has 4 aromatic rings. The molecule has 0 radical (unpaired) electrons. The number of benzene rings is 3. The van der Waals surface area contributed by atoms with Crippen LogP contribution in [0.25, 0.3) is 11.1 Å². The molecule has 0 bridgehead atoms. The van der Waals surface area contributed by atoms with E-state index in [1.165, 1.54) is 10.2 Å². The van der Waals surface area contributed by atoms with Gasteiger partial charge in [0.1, 0.15) is 5.82 Å². The third-order valence-electron chi connectivity index (χ3n) is 7.06. The quantitative estimate of drug-likeness (QED) is 0.224. The Morgan fingerprint density at radius 2 is 1.55 bits per heavy atom. The largest absolute Gasteiger partial charge is 0.346 e. The van der Waals surface area contributed by atoms with E-state index in [9.17, 15) is 18.0 Å². The van der Waals surface area contributed by atoms with Crippen LogP contribution in [0.1, 0.15) is 73.4 Å². The lowest BCUT2D eigenvalue weighted by Crippen LogP contribution is -2.25. The van der Waals surface area contributed by atoms with Crippen LogP contribution < -0.4 is 10.8 Å². The van der Waals surface area contributed by atoms with Gasteiger partial charge >= 0.3 is 5.69 Å². The van der Waals surface area contributed by atoms with Gasteiger partial charge in [0, 0.05) is 24.9 Å². The van der Waals surface area contributed by atoms with Gasteiger partial charge in [-0.15, -0.1) is 0 Å². The summed E-state index contributed by atoms with van der Waals surface area (Å²) in [4.78, 5) is 25.5. The molecular formula is C33H40N4O4S. The molecule has 1 aromatic heterocycles. The normalized spacial score (nSPS) is 12.0. The van der Waals surface area contributed by atoms with Gasteiger partial charge < -0.3 is 0 Å². The second kappa shape index (κ2) is 13.0. The molecule has 3 aromatic carbocycles. The first-order valence-corrected chi connectivity index (χ1v) is 16.0. The van der Waals surface area contributed by atoms with Crippen molar-refractivity contribution < 1.29 is 13.2 Å². The highest BCUT2D eigenvalue weighted by atomic mass is 32.2. The summed E-state index contributed by atoms with van der Waals surface area (Å²) < 4.78 is 26.1. The van der Waals surface area contributed by atoms with E-state index in [-0.39, 0.29) is 22.6 Å². The lowest BCUT2D eigenvalue weighted by Gasteiger charge is -2.16. The Morgan fingerprint density at radius 3 is 2.17 bits per heavy atom. The number of ketones is 1. The molecule has 2 N–H and O–H groups in total. The van der Waals surface area contributed by atoms with Crippen molar-refractivity contribution in [3.8, 4) is 11.1 Å². The van der Waals surface area contributed by atoms with E-state index in [4.69, 9.17) is 5.14 Å². The molecule has 0 aliphatic carbocycles. The number of sulfonamides is 1. The summed E-state index contributed by atoms with van der Waals surface area (Å²) in [6.45, 7) is 9.00. The number of nitrogens with zero attached hydrogens (tertiary/aromatic N) is 3. The van der Waals surface area contributed by atoms with Crippen molar-refractivity contribution in [1.29, 1.82) is 0 Å². The van der Waals surface area contributed by atoms with Crippen LogP contribution >= 0.6 is 0 Å². The Hall–Kier alpha value is -3.82. The van der Waals surface area contributed by atoms with Crippen LogP contribution in [0.2, 0.25) is 0 Å². The summed E-state index contributed by atoms with van der Waals surface area (Å²) >= 11 is 0. The SMILES string of the molecule is CCn1c(CCCc2ccc(-c3cccc(CS(N)(=O)=O)c3)cc2)nn(Cc2ccc(C(=O)CC(C)(C)C)cc2)c1=O. The number of hydrogen-bond acceptors (Lipinski definition) is 5. The van der Waals surface area contributed by atoms with E-state index in [1.54, 1.807) is 10.6 Å². The molecule has 42 heavy (non-hydrogen) atoms. The average molecular weight is 589 g/mol. The van der Waals surface area contributed by atoms with Crippen LogP contribution in [0.4, 0.5) is 0 Å². The molecular weight excluding hydrogens is 548 g/mol. The number of aromatic nitrogens is 3. The standard InChI is InChI=1S/C33H40N4O4S/c1-5-36-31(35-37(32(36)39)22-25-14-18-28(19-15-25)30(38)21-33(2,3)4)11-7-8-24-12-16-27(17-13-24)29-10-6-9-26(20-29)23-42(34,40)41/h6,9-10,12-20H,5,7-8,11,21-23H2,1-4H3,(H2,34,40,41). The predicted molar refractivity (Wildman–Crippen MR) is 167 cm³/mol. The van der Waals surface area contributed by atoms with E-state index in [0.29, 0.717) is 37.1 Å². The van der Waals surface area contributed by atoms with Gasteiger partial charge in [-0.05, 0) is 53.0 Å². The highest BCUT2D eigenvalue weighted by Crippen LogP contribution is 2.23. The van der Waals surface area contributed by atoms with E-state index >= 15 is 0 Å². The molecule has 0 amide bonds. The van der Waals surface area contributed by atoms with Gasteiger partial charge in [-0.3, -0.25) is 9.36 Å². The fraction of sp³-hybridized carbons (Fsp3) is 0.364. The van der Waals surface area contributed by atoms with Gasteiger partial charge in [-0.2, -0.15) is 5.10 Å². The fourth-order valence-electron chi connectivity index (χ4n) is 5.03. The van der Waals surface area contributed by atoms with Gasteiger partial charge in [-0.1, -0.05) is 93.6 Å². The molecule has 0 saturated carbocycles. The first kappa shape index (κ1) is 31.1. The summed E-state index contributed by atoms with van der Waals surface area (Å²) in [6, 6.07) is 23.0. The second-order valence-corrected chi connectivity index (χ2v) is 13.6. The molecule has 0 aliphatic rings. The smallest absolute Gasteiger partial charge is 0.294 e. The third-order valence-corrected chi connectivity index (χ3v) is 7.80. The summed E-state index contributed by atoms with van der Waals surface area (Å²) in [5, 5.41) is 9.84. The minimum Gasteiger partial charge on any atom is -0.294 e. The minimum atomic E-state index is -3.59. The number of hydrogen-bond donors (Lipinski definition) is 1. The molecule has 4 rings (SSSR count). The summed E-state index contributed by atoms with van der Waals surface area (Å²) in [7, 11) is -3.59.